The van der Waals surface area contributed by atoms with Crippen LogP contribution in [0.25, 0.3) is 5.70 Å². The number of nitrogens with zero attached hydrogens (tertiary/aromatic N) is 1. The molecule has 0 bridgehead atoms. The fourth-order valence-electron chi connectivity index (χ4n) is 2.84. The van der Waals surface area contributed by atoms with Gasteiger partial charge in [-0.15, -0.1) is 0 Å². The van der Waals surface area contributed by atoms with E-state index in [2.05, 4.69) is 95.1 Å². The summed E-state index contributed by atoms with van der Waals surface area (Å²) >= 11 is 1.29. The van der Waals surface area contributed by atoms with Crippen molar-refractivity contribution in [2.24, 2.45) is 5.92 Å². The quantitative estimate of drug-likeness (QED) is 0.204. The molecule has 2 aromatic carbocycles. The monoisotopic (exact) mass is 483 g/mol. The van der Waals surface area contributed by atoms with Gasteiger partial charge in [0.05, 0.1) is 0 Å². The Morgan fingerprint density at radius 3 is 1.97 bits per heavy atom. The number of allylic oxidation sites excluding steroid dienone is 2. The topological polar surface area (TPSA) is 20.3 Å². The normalized spacial score (nSPS) is 9.82. The minimum Gasteiger partial charge on any atom is -0.371 e. The lowest BCUT2D eigenvalue weighted by molar-refractivity contribution is -0.109. The van der Waals surface area contributed by atoms with Crippen LogP contribution in [0.4, 0.5) is 0 Å². The molecule has 2 aromatic rings. The van der Waals surface area contributed by atoms with Gasteiger partial charge in [-0.3, -0.25) is 4.79 Å². The smallest absolute Gasteiger partial charge is 0.190 e. The molecule has 0 fully saturated rings. The summed E-state index contributed by atoms with van der Waals surface area (Å²) in [5.41, 5.74) is 2.38. The Labute approximate surface area is 208 Å². The number of hydrogen-bond acceptors (Lipinski definition) is 3. The van der Waals surface area contributed by atoms with E-state index < -0.39 is 0 Å². The van der Waals surface area contributed by atoms with Gasteiger partial charge in [-0.05, 0) is 48.7 Å². The van der Waals surface area contributed by atoms with Crippen LogP contribution < -0.4 is 5.30 Å². The minimum absolute atomic E-state index is 0.0225. The Bertz CT molecular complexity index is 822. The largest absolute Gasteiger partial charge is 0.371 e. The maximum Gasteiger partial charge on any atom is 0.190 e. The maximum absolute atomic E-state index is 10.8. The van der Waals surface area contributed by atoms with E-state index in [1.807, 2.05) is 18.2 Å². The maximum atomic E-state index is 10.8. The molecular weight excluding hydrogens is 441 g/mol. The van der Waals surface area contributed by atoms with E-state index in [-0.39, 0.29) is 13.0 Å². The predicted molar refractivity (Wildman–Crippen MR) is 154 cm³/mol. The highest BCUT2D eigenvalue weighted by Gasteiger charge is 2.10. The highest BCUT2D eigenvalue weighted by Crippen LogP contribution is 2.25. The summed E-state index contributed by atoms with van der Waals surface area (Å²) in [6.07, 6.45) is 4.44. The number of hydrogen-bond donors (Lipinski definition) is 0. The van der Waals surface area contributed by atoms with E-state index in [0.29, 0.717) is 5.92 Å². The molecule has 0 N–H and O–H groups in total. The summed E-state index contributed by atoms with van der Waals surface area (Å²) in [6.45, 7) is 25.9. The molecule has 0 amide bonds. The van der Waals surface area contributed by atoms with Crippen molar-refractivity contribution in [3.63, 3.8) is 0 Å². The molecule has 2 rings (SSSR count). The van der Waals surface area contributed by atoms with Crippen molar-refractivity contribution in [2.75, 3.05) is 26.4 Å². The van der Waals surface area contributed by atoms with Gasteiger partial charge >= 0.3 is 0 Å². The minimum atomic E-state index is -0.0225. The lowest BCUT2D eigenvalue weighted by Gasteiger charge is -2.28. The Morgan fingerprint density at radius 2 is 1.58 bits per heavy atom. The average Bonchev–Trinajstić information content (AvgIpc) is 2.79. The zero-order chi connectivity index (χ0) is 25.2. The van der Waals surface area contributed by atoms with E-state index in [4.69, 9.17) is 0 Å². The van der Waals surface area contributed by atoms with E-state index in [1.165, 1.54) is 29.1 Å². The molecule has 0 aliphatic heterocycles. The molecule has 0 spiro atoms. The van der Waals surface area contributed by atoms with Gasteiger partial charge in [0.2, 0.25) is 0 Å². The molecule has 0 unspecified atom stereocenters. The lowest BCUT2D eigenvalue weighted by Crippen LogP contribution is -2.26. The molecule has 0 atom stereocenters. The van der Waals surface area contributed by atoms with Gasteiger partial charge in [0.15, 0.2) is 5.12 Å². The van der Waals surface area contributed by atoms with Crippen LogP contribution in [0.2, 0.25) is 0 Å². The highest BCUT2D eigenvalue weighted by atomic mass is 32.2. The lowest BCUT2D eigenvalue weighted by atomic mass is 10.1. The van der Waals surface area contributed by atoms with Crippen molar-refractivity contribution in [3.05, 3.63) is 92.0 Å². The van der Waals surface area contributed by atoms with Gasteiger partial charge in [0.1, 0.15) is 0 Å². The molecule has 180 valence electrons. The van der Waals surface area contributed by atoms with Gasteiger partial charge in [0.25, 0.3) is 0 Å². The first-order chi connectivity index (χ1) is 15.7. The molecule has 0 saturated carbocycles. The van der Waals surface area contributed by atoms with Gasteiger partial charge in [-0.1, -0.05) is 115 Å². The Kier molecular flexibility index (Phi) is 17.2. The standard InChI is InChI=1S/C15H23N.C10H13OPS.C4H6/c1-5-11-16(12-13(2)3)14(4)15-9-7-6-8-10-15;1-8(11)13-10-6-4-9(5-7-10)12(2)3;1-3-4-2/h6-10,13H,4-5,11-12H2,1-3H3;4-7H,1-3H3;3-4H,1-2H2. The van der Waals surface area contributed by atoms with Crippen LogP contribution in [0.3, 0.4) is 0 Å². The first kappa shape index (κ1) is 30.9. The van der Waals surface area contributed by atoms with Gasteiger partial charge < -0.3 is 4.90 Å². The van der Waals surface area contributed by atoms with E-state index in [1.54, 1.807) is 19.1 Å². The summed E-state index contributed by atoms with van der Waals surface area (Å²) in [6, 6.07) is 18.7. The van der Waals surface area contributed by atoms with Crippen LogP contribution >= 0.6 is 19.7 Å². The third-order valence-electron chi connectivity index (χ3n) is 4.35. The molecule has 0 aromatic heterocycles. The number of rotatable bonds is 9. The SMILES string of the molecule is C=C(c1ccccc1)N(CCC)CC(C)C.C=CC=C.CC(=O)Sc1ccc(P(C)C)cc1. The molecule has 4 heteroatoms. The third-order valence-corrected chi connectivity index (χ3v) is 6.48. The summed E-state index contributed by atoms with van der Waals surface area (Å²) in [4.78, 5) is 14.2. The second-order valence-corrected chi connectivity index (χ2v) is 11.7. The molecule has 0 saturated heterocycles. The third kappa shape index (κ3) is 14.6. The van der Waals surface area contributed by atoms with Gasteiger partial charge in [0, 0.05) is 30.6 Å². The van der Waals surface area contributed by atoms with Crippen molar-refractivity contribution < 1.29 is 4.79 Å². The molecule has 0 heterocycles. The first-order valence-electron chi connectivity index (χ1n) is 11.3. The van der Waals surface area contributed by atoms with Gasteiger partial charge in [-0.25, -0.2) is 0 Å². The van der Waals surface area contributed by atoms with Crippen LogP contribution in [-0.4, -0.2) is 36.4 Å². The molecule has 0 aliphatic rings. The average molecular weight is 484 g/mol. The van der Waals surface area contributed by atoms with Crippen LogP contribution in [-0.2, 0) is 4.79 Å². The van der Waals surface area contributed by atoms with Crippen molar-refractivity contribution in [3.8, 4) is 0 Å². The zero-order valence-corrected chi connectivity index (χ0v) is 23.1. The molecule has 2 nitrogen and oxygen atoms in total. The summed E-state index contributed by atoms with van der Waals surface area (Å²) in [5.74, 6) is 0.673. The molecular formula is C29H42NOPS. The Balaban J connectivity index is 0.000000542. The summed E-state index contributed by atoms with van der Waals surface area (Å²) < 4.78 is 0. The Morgan fingerprint density at radius 1 is 1.03 bits per heavy atom. The number of carbonyl (C=O) groups is 1. The Hall–Kier alpha value is -2.09. The van der Waals surface area contributed by atoms with Gasteiger partial charge in [-0.2, -0.15) is 0 Å². The van der Waals surface area contributed by atoms with E-state index in [0.717, 1.165) is 23.7 Å². The highest BCUT2D eigenvalue weighted by molar-refractivity contribution is 8.13. The fourth-order valence-corrected chi connectivity index (χ4v) is 4.19. The van der Waals surface area contributed by atoms with Crippen molar-refractivity contribution >= 4 is 35.8 Å². The summed E-state index contributed by atoms with van der Waals surface area (Å²) in [7, 11) is -0.0225. The number of carbonyl (C=O) groups excluding carboxylic acids is 1. The van der Waals surface area contributed by atoms with Crippen LogP contribution in [0.5, 0.6) is 0 Å². The zero-order valence-electron chi connectivity index (χ0n) is 21.4. The van der Waals surface area contributed by atoms with E-state index in [9.17, 15) is 4.79 Å². The first-order valence-corrected chi connectivity index (χ1v) is 14.4. The van der Waals surface area contributed by atoms with Crippen molar-refractivity contribution in [2.45, 2.75) is 39.0 Å². The molecule has 0 aliphatic carbocycles. The van der Waals surface area contributed by atoms with Crippen LogP contribution in [0.1, 0.15) is 39.7 Å². The molecule has 33 heavy (non-hydrogen) atoms. The summed E-state index contributed by atoms with van der Waals surface area (Å²) in [5, 5.41) is 1.52. The molecule has 0 radical (unpaired) electrons. The second-order valence-electron chi connectivity index (χ2n) is 8.11. The van der Waals surface area contributed by atoms with E-state index >= 15 is 0 Å². The second kappa shape index (κ2) is 18.3. The number of benzene rings is 2. The fraction of sp³-hybridized carbons (Fsp3) is 0.345. The van der Waals surface area contributed by atoms with Crippen LogP contribution in [0.15, 0.2) is 91.4 Å². The van der Waals surface area contributed by atoms with Crippen LogP contribution in [0, 0.1) is 5.92 Å². The van der Waals surface area contributed by atoms with Crippen molar-refractivity contribution in [1.82, 2.24) is 4.90 Å². The number of thioether (sulfide) groups is 1. The van der Waals surface area contributed by atoms with Crippen molar-refractivity contribution in [1.29, 1.82) is 0 Å². The predicted octanol–water partition coefficient (Wildman–Crippen LogP) is 8.08.